The number of sulfonamides is 1. The van der Waals surface area contributed by atoms with Crippen molar-refractivity contribution < 1.29 is 13.2 Å². The molecule has 18 heavy (non-hydrogen) atoms. The van der Waals surface area contributed by atoms with E-state index in [0.717, 1.165) is 6.42 Å². The molecule has 0 bridgehead atoms. The first kappa shape index (κ1) is 14.9. The predicted octanol–water partition coefficient (Wildman–Crippen LogP) is 1.10. The Morgan fingerprint density at radius 2 is 2.06 bits per heavy atom. The van der Waals surface area contributed by atoms with Gasteiger partial charge in [-0.05, 0) is 31.5 Å². The number of para-hydroxylation sites is 1. The van der Waals surface area contributed by atoms with Crippen LogP contribution in [-0.4, -0.2) is 28.1 Å². The number of ether oxygens (including phenoxy) is 1. The summed E-state index contributed by atoms with van der Waals surface area (Å²) >= 11 is 0. The summed E-state index contributed by atoms with van der Waals surface area (Å²) in [7, 11) is -3.50. The highest BCUT2D eigenvalue weighted by Crippen LogP contribution is 2.23. The van der Waals surface area contributed by atoms with Gasteiger partial charge in [-0.3, -0.25) is 0 Å². The van der Waals surface area contributed by atoms with Crippen LogP contribution in [0.4, 0.5) is 0 Å². The highest BCUT2D eigenvalue weighted by Gasteiger charge is 2.18. The summed E-state index contributed by atoms with van der Waals surface area (Å²) in [6, 6.07) is 6.61. The molecule has 0 saturated carbocycles. The molecule has 0 atom stereocenters. The summed E-state index contributed by atoms with van der Waals surface area (Å²) in [5.74, 6) is 0.370. The predicted molar refractivity (Wildman–Crippen MR) is 71.1 cm³/mol. The van der Waals surface area contributed by atoms with Crippen molar-refractivity contribution in [2.45, 2.75) is 24.7 Å². The molecule has 0 aliphatic rings. The lowest BCUT2D eigenvalue weighted by Crippen LogP contribution is -2.25. The van der Waals surface area contributed by atoms with Crippen molar-refractivity contribution in [2.75, 3.05) is 19.7 Å². The fraction of sp³-hybridized carbons (Fsp3) is 0.500. The Bertz CT molecular complexity index is 460. The van der Waals surface area contributed by atoms with Crippen LogP contribution >= 0.6 is 0 Å². The van der Waals surface area contributed by atoms with Crippen LogP contribution in [0.25, 0.3) is 0 Å². The first-order valence-electron chi connectivity index (χ1n) is 6.03. The van der Waals surface area contributed by atoms with E-state index in [0.29, 0.717) is 31.9 Å². The van der Waals surface area contributed by atoms with Crippen molar-refractivity contribution >= 4 is 10.0 Å². The van der Waals surface area contributed by atoms with Crippen molar-refractivity contribution in [3.63, 3.8) is 0 Å². The third-order valence-corrected chi connectivity index (χ3v) is 3.79. The lowest BCUT2D eigenvalue weighted by molar-refractivity contribution is 0.305. The van der Waals surface area contributed by atoms with Crippen molar-refractivity contribution in [1.82, 2.24) is 4.72 Å². The van der Waals surface area contributed by atoms with Crippen LogP contribution in [-0.2, 0) is 10.0 Å². The van der Waals surface area contributed by atoms with Crippen LogP contribution in [0.2, 0.25) is 0 Å². The van der Waals surface area contributed by atoms with E-state index in [2.05, 4.69) is 4.72 Å². The summed E-state index contributed by atoms with van der Waals surface area (Å²) in [4.78, 5) is 0.176. The Morgan fingerprint density at radius 1 is 1.33 bits per heavy atom. The average molecular weight is 272 g/mol. The molecule has 0 unspecified atom stereocenters. The molecule has 1 aromatic carbocycles. The van der Waals surface area contributed by atoms with Crippen molar-refractivity contribution in [1.29, 1.82) is 0 Å². The van der Waals surface area contributed by atoms with Gasteiger partial charge in [0.15, 0.2) is 0 Å². The first-order chi connectivity index (χ1) is 8.61. The van der Waals surface area contributed by atoms with Crippen LogP contribution in [0.1, 0.15) is 19.8 Å². The highest BCUT2D eigenvalue weighted by molar-refractivity contribution is 7.89. The zero-order valence-electron chi connectivity index (χ0n) is 10.6. The molecule has 0 spiro atoms. The van der Waals surface area contributed by atoms with Gasteiger partial charge >= 0.3 is 0 Å². The Morgan fingerprint density at radius 3 is 2.72 bits per heavy atom. The van der Waals surface area contributed by atoms with E-state index in [-0.39, 0.29) is 4.90 Å². The van der Waals surface area contributed by atoms with Gasteiger partial charge < -0.3 is 10.5 Å². The molecule has 0 aliphatic heterocycles. The van der Waals surface area contributed by atoms with E-state index in [1.165, 1.54) is 6.07 Å². The molecule has 6 heteroatoms. The molecule has 0 saturated heterocycles. The van der Waals surface area contributed by atoms with Crippen LogP contribution < -0.4 is 15.2 Å². The molecule has 0 aromatic heterocycles. The second kappa shape index (κ2) is 7.35. The maximum atomic E-state index is 12.0. The van der Waals surface area contributed by atoms with Gasteiger partial charge in [-0.2, -0.15) is 0 Å². The van der Waals surface area contributed by atoms with Crippen molar-refractivity contribution in [3.8, 4) is 5.75 Å². The van der Waals surface area contributed by atoms with Gasteiger partial charge in [-0.25, -0.2) is 13.1 Å². The topological polar surface area (TPSA) is 81.4 Å². The molecule has 5 nitrogen and oxygen atoms in total. The minimum atomic E-state index is -3.50. The minimum Gasteiger partial charge on any atom is -0.492 e. The van der Waals surface area contributed by atoms with E-state index >= 15 is 0 Å². The van der Waals surface area contributed by atoms with E-state index in [9.17, 15) is 8.42 Å². The highest BCUT2D eigenvalue weighted by atomic mass is 32.2. The molecule has 0 fully saturated rings. The maximum Gasteiger partial charge on any atom is 0.244 e. The Labute approximate surface area is 108 Å². The molecule has 0 heterocycles. The lowest BCUT2D eigenvalue weighted by atomic mass is 10.3. The van der Waals surface area contributed by atoms with Gasteiger partial charge in [0.25, 0.3) is 0 Å². The number of nitrogens with two attached hydrogens (primary N) is 1. The van der Waals surface area contributed by atoms with Crippen LogP contribution in [0, 0.1) is 0 Å². The lowest BCUT2D eigenvalue weighted by Gasteiger charge is -2.12. The standard InChI is InChI=1S/C12H20N2O3S/c1-2-9-14-18(15,16)12-7-4-3-6-11(12)17-10-5-8-13/h3-4,6-7,14H,2,5,8-10,13H2,1H3. The maximum absolute atomic E-state index is 12.0. The van der Waals surface area contributed by atoms with Gasteiger partial charge in [0.1, 0.15) is 10.6 Å². The van der Waals surface area contributed by atoms with E-state index in [1.54, 1.807) is 18.2 Å². The third-order valence-electron chi connectivity index (χ3n) is 2.29. The Balaban J connectivity index is 2.87. The number of nitrogens with one attached hydrogen (secondary N) is 1. The van der Waals surface area contributed by atoms with Crippen LogP contribution in [0.15, 0.2) is 29.2 Å². The Hall–Kier alpha value is -1.11. The fourth-order valence-corrected chi connectivity index (χ4v) is 2.65. The second-order valence-corrected chi connectivity index (χ2v) is 5.57. The molecule has 1 aromatic rings. The molecule has 1 rings (SSSR count). The summed E-state index contributed by atoms with van der Waals surface area (Å²) in [5.41, 5.74) is 5.37. The second-order valence-electron chi connectivity index (χ2n) is 3.84. The monoisotopic (exact) mass is 272 g/mol. The molecule has 0 radical (unpaired) electrons. The zero-order chi connectivity index (χ0) is 13.4. The number of rotatable bonds is 8. The molecule has 0 aliphatic carbocycles. The van der Waals surface area contributed by atoms with Crippen LogP contribution in [0.3, 0.4) is 0 Å². The Kier molecular flexibility index (Phi) is 6.11. The van der Waals surface area contributed by atoms with Gasteiger partial charge in [-0.1, -0.05) is 19.1 Å². The smallest absolute Gasteiger partial charge is 0.244 e. The SMILES string of the molecule is CCCNS(=O)(=O)c1ccccc1OCCCN. The number of hydrogen-bond acceptors (Lipinski definition) is 4. The molecule has 0 amide bonds. The van der Waals surface area contributed by atoms with Gasteiger partial charge in [-0.15, -0.1) is 0 Å². The summed E-state index contributed by atoms with van der Waals surface area (Å²) in [5, 5.41) is 0. The average Bonchev–Trinajstić information content (AvgIpc) is 2.37. The molecular weight excluding hydrogens is 252 g/mol. The summed E-state index contributed by atoms with van der Waals surface area (Å²) in [6.07, 6.45) is 1.44. The zero-order valence-corrected chi connectivity index (χ0v) is 11.4. The molecular formula is C12H20N2O3S. The van der Waals surface area contributed by atoms with E-state index < -0.39 is 10.0 Å². The van der Waals surface area contributed by atoms with E-state index in [1.807, 2.05) is 6.92 Å². The third kappa shape index (κ3) is 4.29. The first-order valence-corrected chi connectivity index (χ1v) is 7.51. The molecule has 102 valence electrons. The normalized spacial score (nSPS) is 11.4. The van der Waals surface area contributed by atoms with Crippen LogP contribution in [0.5, 0.6) is 5.75 Å². The van der Waals surface area contributed by atoms with Crippen molar-refractivity contribution in [3.05, 3.63) is 24.3 Å². The largest absolute Gasteiger partial charge is 0.492 e. The van der Waals surface area contributed by atoms with E-state index in [4.69, 9.17) is 10.5 Å². The number of hydrogen-bond donors (Lipinski definition) is 2. The fourth-order valence-electron chi connectivity index (χ4n) is 1.37. The number of benzene rings is 1. The summed E-state index contributed by atoms with van der Waals surface area (Å²) in [6.45, 7) is 3.26. The van der Waals surface area contributed by atoms with Gasteiger partial charge in [0.05, 0.1) is 6.61 Å². The van der Waals surface area contributed by atoms with Gasteiger partial charge in [0.2, 0.25) is 10.0 Å². The molecule has 3 N–H and O–H groups in total. The quantitative estimate of drug-likeness (QED) is 0.694. The minimum absolute atomic E-state index is 0.176. The summed E-state index contributed by atoms with van der Waals surface area (Å²) < 4.78 is 32.0. The van der Waals surface area contributed by atoms with Crippen molar-refractivity contribution in [2.24, 2.45) is 5.73 Å². The van der Waals surface area contributed by atoms with Gasteiger partial charge in [0, 0.05) is 6.54 Å².